The standard InChI is InChI=1S/C6H5Cl2NO3S/c7-3-1-4(8)6(9)5(2-3)12-13(10)11/h1-2H,9H2,(H,10,11)/p-1. The van der Waals surface area contributed by atoms with Crippen LogP contribution < -0.4 is 9.92 Å². The summed E-state index contributed by atoms with van der Waals surface area (Å²) in [6.45, 7) is 0. The largest absolute Gasteiger partial charge is 0.740 e. The fraction of sp³-hybridized carbons (Fsp3) is 0. The molecule has 0 aromatic heterocycles. The van der Waals surface area contributed by atoms with Gasteiger partial charge in [-0.05, 0) is 6.07 Å². The minimum atomic E-state index is -2.69. The van der Waals surface area contributed by atoms with E-state index in [1.165, 1.54) is 12.1 Å². The van der Waals surface area contributed by atoms with Crippen LogP contribution in [0.4, 0.5) is 5.69 Å². The van der Waals surface area contributed by atoms with Gasteiger partial charge >= 0.3 is 0 Å². The zero-order valence-electron chi connectivity index (χ0n) is 6.12. The predicted molar refractivity (Wildman–Crippen MR) is 50.4 cm³/mol. The Labute approximate surface area is 87.1 Å². The van der Waals surface area contributed by atoms with Gasteiger partial charge in [-0.15, -0.1) is 0 Å². The summed E-state index contributed by atoms with van der Waals surface area (Å²) in [7, 11) is 0. The number of anilines is 1. The van der Waals surface area contributed by atoms with E-state index < -0.39 is 11.4 Å². The molecule has 0 heterocycles. The third kappa shape index (κ3) is 2.73. The monoisotopic (exact) mass is 240 g/mol. The molecule has 0 saturated carbocycles. The average molecular weight is 241 g/mol. The van der Waals surface area contributed by atoms with E-state index in [-0.39, 0.29) is 21.5 Å². The van der Waals surface area contributed by atoms with E-state index >= 15 is 0 Å². The van der Waals surface area contributed by atoms with Gasteiger partial charge in [-0.1, -0.05) is 23.2 Å². The van der Waals surface area contributed by atoms with Crippen molar-refractivity contribution in [1.29, 1.82) is 0 Å². The lowest BCUT2D eigenvalue weighted by atomic mass is 10.3. The smallest absolute Gasteiger partial charge is 0.165 e. The van der Waals surface area contributed by atoms with Gasteiger partial charge in [0.15, 0.2) is 5.75 Å². The highest BCUT2D eigenvalue weighted by Crippen LogP contribution is 2.33. The quantitative estimate of drug-likeness (QED) is 0.632. The maximum absolute atomic E-state index is 10.2. The predicted octanol–water partition coefficient (Wildman–Crippen LogP) is 1.75. The minimum Gasteiger partial charge on any atom is -0.740 e. The maximum atomic E-state index is 10.2. The van der Waals surface area contributed by atoms with E-state index in [9.17, 15) is 8.76 Å². The van der Waals surface area contributed by atoms with Gasteiger partial charge in [0.1, 0.15) is 11.4 Å². The molecule has 0 fully saturated rings. The zero-order valence-corrected chi connectivity index (χ0v) is 8.45. The SMILES string of the molecule is Nc1c(Cl)cc(Cl)cc1OS(=O)[O-]. The molecule has 0 aliphatic carbocycles. The number of nitrogen functional groups attached to an aromatic ring is 1. The average Bonchev–Trinajstić information content (AvgIpc) is 1.98. The first-order valence-corrected chi connectivity index (χ1v) is 4.78. The highest BCUT2D eigenvalue weighted by Gasteiger charge is 2.07. The molecule has 72 valence electrons. The first-order valence-electron chi connectivity index (χ1n) is 3.03. The summed E-state index contributed by atoms with van der Waals surface area (Å²) in [5.74, 6) is -0.0779. The molecule has 0 amide bonds. The van der Waals surface area contributed by atoms with Crippen molar-refractivity contribution in [1.82, 2.24) is 0 Å². The van der Waals surface area contributed by atoms with Gasteiger partial charge in [-0.25, -0.2) is 4.21 Å². The van der Waals surface area contributed by atoms with Gasteiger partial charge in [0.05, 0.1) is 10.7 Å². The van der Waals surface area contributed by atoms with Gasteiger partial charge in [0, 0.05) is 11.1 Å². The number of hydrogen-bond acceptors (Lipinski definition) is 4. The van der Waals surface area contributed by atoms with Crippen molar-refractivity contribution in [2.45, 2.75) is 0 Å². The van der Waals surface area contributed by atoms with Crippen LogP contribution in [-0.4, -0.2) is 8.76 Å². The van der Waals surface area contributed by atoms with Crippen LogP contribution in [0.5, 0.6) is 5.75 Å². The number of halogens is 2. The van der Waals surface area contributed by atoms with Gasteiger partial charge in [-0.2, -0.15) is 0 Å². The van der Waals surface area contributed by atoms with Crippen LogP contribution in [0.3, 0.4) is 0 Å². The number of nitrogens with two attached hydrogens (primary N) is 1. The summed E-state index contributed by atoms with van der Waals surface area (Å²) in [6, 6.07) is 2.65. The summed E-state index contributed by atoms with van der Waals surface area (Å²) < 4.78 is 24.7. The Hall–Kier alpha value is -0.490. The Morgan fingerprint density at radius 3 is 2.62 bits per heavy atom. The molecule has 1 unspecified atom stereocenters. The normalized spacial score (nSPS) is 12.5. The molecular weight excluding hydrogens is 237 g/mol. The van der Waals surface area contributed by atoms with Crippen LogP contribution >= 0.6 is 23.2 Å². The first-order chi connectivity index (χ1) is 6.00. The second-order valence-electron chi connectivity index (χ2n) is 2.09. The lowest BCUT2D eigenvalue weighted by molar-refractivity contribution is 0.441. The molecule has 0 aliphatic rings. The summed E-state index contributed by atoms with van der Waals surface area (Å²) in [5, 5.41) is 0.396. The molecule has 13 heavy (non-hydrogen) atoms. The molecule has 1 atom stereocenters. The van der Waals surface area contributed by atoms with E-state index in [4.69, 9.17) is 28.9 Å². The third-order valence-corrected chi connectivity index (χ3v) is 2.06. The Morgan fingerprint density at radius 1 is 1.46 bits per heavy atom. The second-order valence-corrected chi connectivity index (χ2v) is 3.51. The number of benzene rings is 1. The minimum absolute atomic E-state index is 0.0373. The zero-order chi connectivity index (χ0) is 10.0. The van der Waals surface area contributed by atoms with E-state index in [2.05, 4.69) is 4.18 Å². The van der Waals surface area contributed by atoms with Crippen molar-refractivity contribution >= 4 is 40.3 Å². The Bertz CT molecular complexity index is 358. The lowest BCUT2D eigenvalue weighted by Gasteiger charge is -2.10. The maximum Gasteiger partial charge on any atom is 0.165 e. The van der Waals surface area contributed by atoms with Crippen molar-refractivity contribution < 1.29 is 12.9 Å². The summed E-state index contributed by atoms with van der Waals surface area (Å²) in [4.78, 5) is 0. The van der Waals surface area contributed by atoms with Crippen molar-refractivity contribution in [3.8, 4) is 5.75 Å². The highest BCUT2D eigenvalue weighted by molar-refractivity contribution is 7.74. The molecule has 0 aliphatic heterocycles. The highest BCUT2D eigenvalue weighted by atomic mass is 35.5. The van der Waals surface area contributed by atoms with Crippen LogP contribution in [0, 0.1) is 0 Å². The number of rotatable bonds is 2. The third-order valence-electron chi connectivity index (χ3n) is 1.21. The van der Waals surface area contributed by atoms with E-state index in [0.717, 1.165) is 0 Å². The van der Waals surface area contributed by atoms with Gasteiger partial charge in [-0.3, -0.25) is 0 Å². The molecule has 0 bridgehead atoms. The van der Waals surface area contributed by atoms with E-state index in [1.807, 2.05) is 0 Å². The molecular formula is C6H4Cl2NO3S-. The Kier molecular flexibility index (Phi) is 3.38. The van der Waals surface area contributed by atoms with E-state index in [1.54, 1.807) is 0 Å². The topological polar surface area (TPSA) is 75.4 Å². The van der Waals surface area contributed by atoms with Crippen molar-refractivity contribution in [3.63, 3.8) is 0 Å². The van der Waals surface area contributed by atoms with Crippen LogP contribution in [0.1, 0.15) is 0 Å². The lowest BCUT2D eigenvalue weighted by Crippen LogP contribution is -2.01. The first kappa shape index (κ1) is 10.6. The molecule has 1 aromatic rings. The summed E-state index contributed by atoms with van der Waals surface area (Å²) >= 11 is 8.51. The second kappa shape index (κ2) is 4.15. The Morgan fingerprint density at radius 2 is 2.08 bits per heavy atom. The molecule has 0 saturated heterocycles. The Balaban J connectivity index is 3.12. The van der Waals surface area contributed by atoms with Gasteiger partial charge in [0.25, 0.3) is 0 Å². The van der Waals surface area contributed by atoms with Crippen molar-refractivity contribution in [3.05, 3.63) is 22.2 Å². The summed E-state index contributed by atoms with van der Waals surface area (Å²) in [5.41, 5.74) is 5.45. The summed E-state index contributed by atoms with van der Waals surface area (Å²) in [6.07, 6.45) is 0. The van der Waals surface area contributed by atoms with Crippen LogP contribution in [-0.2, 0) is 11.4 Å². The molecule has 4 nitrogen and oxygen atoms in total. The van der Waals surface area contributed by atoms with Crippen LogP contribution in [0.2, 0.25) is 10.0 Å². The fourth-order valence-electron chi connectivity index (χ4n) is 0.703. The molecule has 0 spiro atoms. The van der Waals surface area contributed by atoms with Crippen molar-refractivity contribution in [2.75, 3.05) is 5.73 Å². The fourth-order valence-corrected chi connectivity index (χ4v) is 1.46. The van der Waals surface area contributed by atoms with Crippen LogP contribution in [0.25, 0.3) is 0 Å². The van der Waals surface area contributed by atoms with E-state index in [0.29, 0.717) is 0 Å². The van der Waals surface area contributed by atoms with Gasteiger partial charge < -0.3 is 14.5 Å². The molecule has 2 N–H and O–H groups in total. The molecule has 0 radical (unpaired) electrons. The molecule has 1 rings (SSSR count). The molecule has 1 aromatic carbocycles. The number of hydrogen-bond donors (Lipinski definition) is 1. The van der Waals surface area contributed by atoms with Crippen LogP contribution in [0.15, 0.2) is 12.1 Å². The van der Waals surface area contributed by atoms with Crippen molar-refractivity contribution in [2.24, 2.45) is 0 Å². The van der Waals surface area contributed by atoms with Gasteiger partial charge in [0.2, 0.25) is 0 Å². The molecule has 7 heteroatoms.